The van der Waals surface area contributed by atoms with Crippen LogP contribution in [-0.2, 0) is 28.6 Å². The first-order valence-electron chi connectivity index (χ1n) is 9.90. The maximum absolute atomic E-state index is 13.3. The van der Waals surface area contributed by atoms with Gasteiger partial charge >= 0.3 is 0 Å². The van der Waals surface area contributed by atoms with Crippen LogP contribution in [0.3, 0.4) is 0 Å². The summed E-state index contributed by atoms with van der Waals surface area (Å²) in [5.74, 6) is 0.321. The lowest BCUT2D eigenvalue weighted by atomic mass is 9.78. The molecule has 1 aromatic heterocycles. The fourth-order valence-electron chi connectivity index (χ4n) is 5.35. The van der Waals surface area contributed by atoms with Crippen LogP contribution in [0.1, 0.15) is 30.7 Å². The Labute approximate surface area is 163 Å². The summed E-state index contributed by atoms with van der Waals surface area (Å²) in [5, 5.41) is 10.1. The van der Waals surface area contributed by atoms with Gasteiger partial charge in [0.1, 0.15) is 17.7 Å². The summed E-state index contributed by atoms with van der Waals surface area (Å²) in [4.78, 5) is 33.0. The van der Waals surface area contributed by atoms with Crippen LogP contribution >= 0.6 is 0 Å². The highest BCUT2D eigenvalue weighted by atomic mass is 16.2. The molecule has 1 aromatic carbocycles. The molecule has 5 rings (SSSR count). The highest BCUT2D eigenvalue weighted by Gasteiger charge is 2.65. The van der Waals surface area contributed by atoms with Crippen molar-refractivity contribution < 1.29 is 9.59 Å². The van der Waals surface area contributed by atoms with Crippen molar-refractivity contribution >= 4 is 17.5 Å². The Morgan fingerprint density at radius 2 is 2.25 bits per heavy atom. The lowest BCUT2D eigenvalue weighted by Crippen LogP contribution is -2.54. The molecule has 2 amide bonds. The fourth-order valence-corrected chi connectivity index (χ4v) is 5.35. The zero-order valence-corrected chi connectivity index (χ0v) is 15.9. The molecule has 0 aliphatic carbocycles. The van der Waals surface area contributed by atoms with Crippen LogP contribution in [0, 0.1) is 5.92 Å². The molecule has 2 saturated heterocycles. The molecule has 0 unspecified atom stereocenters. The number of para-hydroxylation sites is 1. The first-order valence-corrected chi connectivity index (χ1v) is 9.90. The number of aryl methyl sites for hydroxylation is 1. The van der Waals surface area contributed by atoms with Crippen LogP contribution < -0.4 is 10.6 Å². The Hall–Kier alpha value is -2.74. The third-order valence-electron chi connectivity index (χ3n) is 6.54. The van der Waals surface area contributed by atoms with Gasteiger partial charge in [-0.2, -0.15) is 5.10 Å². The summed E-state index contributed by atoms with van der Waals surface area (Å²) >= 11 is 0. The first-order chi connectivity index (χ1) is 13.6. The number of anilines is 1. The van der Waals surface area contributed by atoms with E-state index in [1.807, 2.05) is 31.3 Å². The molecule has 4 heterocycles. The lowest BCUT2D eigenvalue weighted by molar-refractivity contribution is -0.137. The van der Waals surface area contributed by atoms with Gasteiger partial charge < -0.3 is 10.6 Å². The predicted octanol–water partition coefficient (Wildman–Crippen LogP) is 0.806. The van der Waals surface area contributed by atoms with Crippen LogP contribution in [0.15, 0.2) is 30.6 Å². The highest BCUT2D eigenvalue weighted by molar-refractivity contribution is 6.09. The monoisotopic (exact) mass is 380 g/mol. The molecular weight excluding hydrogens is 356 g/mol. The molecule has 1 spiro atoms. The van der Waals surface area contributed by atoms with Crippen LogP contribution in [0.5, 0.6) is 0 Å². The first kappa shape index (κ1) is 17.4. The Kier molecular flexibility index (Phi) is 3.97. The van der Waals surface area contributed by atoms with Crippen LogP contribution in [0.2, 0.25) is 0 Å². The van der Waals surface area contributed by atoms with Crippen molar-refractivity contribution in [1.82, 2.24) is 25.0 Å². The Morgan fingerprint density at radius 3 is 3.07 bits per heavy atom. The van der Waals surface area contributed by atoms with Gasteiger partial charge in [0.2, 0.25) is 11.8 Å². The molecule has 3 atom stereocenters. The standard InChI is InChI=1S/C20H24N6O2/c1-25-17(22-12-23-25)8-9-21-18(27)15-11-13-5-4-10-26(13)20(15)14-6-2-3-7-16(14)24-19(20)28/h2-3,6-7,12-13,15H,4-5,8-11H2,1H3,(H,21,27)(H,24,28)/t13-,15-,20+/m1/s1. The van der Waals surface area contributed by atoms with Crippen molar-refractivity contribution in [1.29, 1.82) is 0 Å². The zero-order valence-electron chi connectivity index (χ0n) is 15.9. The largest absolute Gasteiger partial charge is 0.355 e. The summed E-state index contributed by atoms with van der Waals surface area (Å²) in [6.45, 7) is 1.33. The van der Waals surface area contributed by atoms with E-state index in [-0.39, 0.29) is 23.8 Å². The van der Waals surface area contributed by atoms with Crippen molar-refractivity contribution in [2.24, 2.45) is 13.0 Å². The Morgan fingerprint density at radius 1 is 1.39 bits per heavy atom. The average Bonchev–Trinajstić information content (AvgIpc) is 3.42. The molecule has 146 valence electrons. The molecule has 3 aliphatic rings. The zero-order chi connectivity index (χ0) is 19.3. The van der Waals surface area contributed by atoms with E-state index in [1.54, 1.807) is 4.68 Å². The number of hydrogen-bond acceptors (Lipinski definition) is 5. The van der Waals surface area contributed by atoms with Crippen molar-refractivity contribution in [2.75, 3.05) is 18.4 Å². The van der Waals surface area contributed by atoms with Crippen molar-refractivity contribution in [2.45, 2.75) is 37.3 Å². The minimum atomic E-state index is -0.882. The number of aromatic nitrogens is 3. The maximum Gasteiger partial charge on any atom is 0.250 e. The fraction of sp³-hybridized carbons (Fsp3) is 0.500. The topological polar surface area (TPSA) is 92.2 Å². The Balaban J connectivity index is 1.43. The summed E-state index contributed by atoms with van der Waals surface area (Å²) < 4.78 is 1.71. The molecule has 2 aromatic rings. The number of hydrogen-bond donors (Lipinski definition) is 2. The number of benzene rings is 1. The number of fused-ring (bicyclic) bond motifs is 4. The predicted molar refractivity (Wildman–Crippen MR) is 102 cm³/mol. The lowest BCUT2D eigenvalue weighted by Gasteiger charge is -2.36. The van der Waals surface area contributed by atoms with Gasteiger partial charge in [-0.3, -0.25) is 19.2 Å². The molecule has 3 aliphatic heterocycles. The van der Waals surface area contributed by atoms with Gasteiger partial charge in [0.05, 0.1) is 5.92 Å². The number of carbonyl (C=O) groups excluding carboxylic acids is 2. The van der Waals surface area contributed by atoms with Crippen LogP contribution in [-0.4, -0.2) is 50.6 Å². The molecule has 0 bridgehead atoms. The van der Waals surface area contributed by atoms with Crippen molar-refractivity contribution in [3.63, 3.8) is 0 Å². The SMILES string of the molecule is Cn1ncnc1CCNC(=O)[C@H]1C[C@H]2CCCN2[C@]12C(=O)Nc1ccccc12. The van der Waals surface area contributed by atoms with E-state index in [9.17, 15) is 9.59 Å². The van der Waals surface area contributed by atoms with Gasteiger partial charge in [0.15, 0.2) is 0 Å². The second-order valence-electron chi connectivity index (χ2n) is 7.88. The number of rotatable bonds is 4. The minimum absolute atomic E-state index is 0.0524. The Bertz CT molecular complexity index is 940. The third-order valence-corrected chi connectivity index (χ3v) is 6.54. The van der Waals surface area contributed by atoms with Crippen LogP contribution in [0.4, 0.5) is 5.69 Å². The van der Waals surface area contributed by atoms with E-state index in [0.29, 0.717) is 13.0 Å². The van der Waals surface area contributed by atoms with Gasteiger partial charge in [-0.25, -0.2) is 4.98 Å². The summed E-state index contributed by atoms with van der Waals surface area (Å²) in [6.07, 6.45) is 4.95. The normalized spacial score (nSPS) is 28.4. The summed E-state index contributed by atoms with van der Waals surface area (Å²) in [7, 11) is 1.84. The molecule has 2 N–H and O–H groups in total. The van der Waals surface area contributed by atoms with Gasteiger partial charge in [0, 0.05) is 37.3 Å². The molecular formula is C20H24N6O2. The summed E-state index contributed by atoms with van der Waals surface area (Å²) in [6, 6.07) is 8.08. The van der Waals surface area contributed by atoms with Crippen LogP contribution in [0.25, 0.3) is 0 Å². The quantitative estimate of drug-likeness (QED) is 0.819. The second-order valence-corrected chi connectivity index (χ2v) is 7.88. The summed E-state index contributed by atoms with van der Waals surface area (Å²) in [5.41, 5.74) is 0.891. The van der Waals surface area contributed by atoms with Gasteiger partial charge in [-0.15, -0.1) is 0 Å². The second kappa shape index (κ2) is 6.41. The highest BCUT2D eigenvalue weighted by Crippen LogP contribution is 2.55. The third kappa shape index (κ3) is 2.33. The van der Waals surface area contributed by atoms with E-state index in [2.05, 4.69) is 25.6 Å². The molecule has 8 nitrogen and oxygen atoms in total. The van der Waals surface area contributed by atoms with Crippen molar-refractivity contribution in [3.05, 3.63) is 42.0 Å². The molecule has 28 heavy (non-hydrogen) atoms. The van der Waals surface area contributed by atoms with Gasteiger partial charge in [-0.1, -0.05) is 18.2 Å². The van der Waals surface area contributed by atoms with E-state index >= 15 is 0 Å². The van der Waals surface area contributed by atoms with Gasteiger partial charge in [0.25, 0.3) is 0 Å². The average molecular weight is 380 g/mol. The smallest absolute Gasteiger partial charge is 0.250 e. The number of carbonyl (C=O) groups is 2. The van der Waals surface area contributed by atoms with E-state index in [4.69, 9.17) is 0 Å². The molecule has 8 heteroatoms. The van der Waals surface area contributed by atoms with E-state index in [1.165, 1.54) is 6.33 Å². The number of nitrogens with zero attached hydrogens (tertiary/aromatic N) is 4. The molecule has 0 saturated carbocycles. The molecule has 0 radical (unpaired) electrons. The van der Waals surface area contributed by atoms with E-state index < -0.39 is 5.54 Å². The van der Waals surface area contributed by atoms with Crippen molar-refractivity contribution in [3.8, 4) is 0 Å². The van der Waals surface area contributed by atoms with Gasteiger partial charge in [-0.05, 0) is 31.9 Å². The molecule has 2 fully saturated rings. The van der Waals surface area contributed by atoms with E-state index in [0.717, 1.165) is 42.9 Å². The minimum Gasteiger partial charge on any atom is -0.355 e. The number of nitrogens with one attached hydrogen (secondary N) is 2. The number of amides is 2. The maximum atomic E-state index is 13.3.